The molecule has 86 valence electrons. The van der Waals surface area contributed by atoms with E-state index in [0.717, 1.165) is 0 Å². The summed E-state index contributed by atoms with van der Waals surface area (Å²) < 4.78 is 4.75. The van der Waals surface area contributed by atoms with Crippen molar-refractivity contribution >= 4 is 12.1 Å². The first-order chi connectivity index (χ1) is 7.00. The van der Waals surface area contributed by atoms with Gasteiger partial charge >= 0.3 is 12.1 Å². The van der Waals surface area contributed by atoms with E-state index in [1.54, 1.807) is 0 Å². The van der Waals surface area contributed by atoms with Crippen molar-refractivity contribution in [3.8, 4) is 0 Å². The van der Waals surface area contributed by atoms with Crippen molar-refractivity contribution < 1.29 is 19.4 Å². The van der Waals surface area contributed by atoms with E-state index in [2.05, 4.69) is 0 Å². The highest BCUT2D eigenvalue weighted by atomic mass is 16.6. The van der Waals surface area contributed by atoms with Crippen LogP contribution in [0.4, 0.5) is 4.79 Å². The molecule has 0 saturated carbocycles. The number of amides is 1. The predicted molar refractivity (Wildman–Crippen MR) is 53.5 cm³/mol. The van der Waals surface area contributed by atoms with Gasteiger partial charge in [-0.2, -0.15) is 0 Å². The first-order valence-corrected chi connectivity index (χ1v) is 5.15. The third kappa shape index (κ3) is 3.42. The highest BCUT2D eigenvalue weighted by molar-refractivity contribution is 5.73. The molecule has 1 aliphatic rings. The van der Waals surface area contributed by atoms with Gasteiger partial charge in [-0.3, -0.25) is 4.79 Å². The molecular weight excluding hydrogens is 198 g/mol. The SMILES string of the molecule is CC(C)CC(CN1CCOC1=O)C(=O)O. The Morgan fingerprint density at radius 2 is 2.27 bits per heavy atom. The summed E-state index contributed by atoms with van der Waals surface area (Å²) in [6.45, 7) is 5.07. The Bertz CT molecular complexity index is 252. The lowest BCUT2D eigenvalue weighted by atomic mass is 9.97. The van der Waals surface area contributed by atoms with Gasteiger partial charge in [-0.15, -0.1) is 0 Å². The van der Waals surface area contributed by atoms with Crippen molar-refractivity contribution in [2.75, 3.05) is 19.7 Å². The Labute approximate surface area is 89.0 Å². The predicted octanol–water partition coefficient (Wildman–Crippen LogP) is 1.19. The van der Waals surface area contributed by atoms with E-state index in [1.807, 2.05) is 13.8 Å². The second-order valence-electron chi connectivity index (χ2n) is 4.23. The van der Waals surface area contributed by atoms with Crippen LogP contribution in [0, 0.1) is 11.8 Å². The molecule has 0 radical (unpaired) electrons. The van der Waals surface area contributed by atoms with Crippen LogP contribution >= 0.6 is 0 Å². The maximum Gasteiger partial charge on any atom is 0.409 e. The van der Waals surface area contributed by atoms with Gasteiger partial charge in [-0.05, 0) is 12.3 Å². The summed E-state index contributed by atoms with van der Waals surface area (Å²) in [5, 5.41) is 8.99. The van der Waals surface area contributed by atoms with Crippen LogP contribution in [0.5, 0.6) is 0 Å². The summed E-state index contributed by atoms with van der Waals surface area (Å²) in [5.41, 5.74) is 0. The Balaban J connectivity index is 2.50. The van der Waals surface area contributed by atoms with Gasteiger partial charge in [0, 0.05) is 6.54 Å². The topological polar surface area (TPSA) is 66.8 Å². The second kappa shape index (κ2) is 5.00. The van der Waals surface area contributed by atoms with Crippen LogP contribution in [0.1, 0.15) is 20.3 Å². The molecular formula is C10H17NO4. The van der Waals surface area contributed by atoms with Gasteiger partial charge in [0.05, 0.1) is 12.5 Å². The van der Waals surface area contributed by atoms with Gasteiger partial charge < -0.3 is 14.7 Å². The Morgan fingerprint density at radius 3 is 2.67 bits per heavy atom. The number of hydrogen-bond donors (Lipinski definition) is 1. The Hall–Kier alpha value is -1.26. The number of nitrogens with zero attached hydrogens (tertiary/aromatic N) is 1. The third-order valence-corrected chi connectivity index (χ3v) is 2.39. The van der Waals surface area contributed by atoms with Crippen LogP contribution in [0.15, 0.2) is 0 Å². The summed E-state index contributed by atoms with van der Waals surface area (Å²) in [6, 6.07) is 0. The van der Waals surface area contributed by atoms with E-state index in [-0.39, 0.29) is 6.54 Å². The molecule has 5 nitrogen and oxygen atoms in total. The standard InChI is InChI=1S/C10H17NO4/c1-7(2)5-8(9(12)13)6-11-3-4-15-10(11)14/h7-8H,3-6H2,1-2H3,(H,12,13). The summed E-state index contributed by atoms with van der Waals surface area (Å²) >= 11 is 0. The molecule has 1 fully saturated rings. The number of cyclic esters (lactones) is 1. The number of hydrogen-bond acceptors (Lipinski definition) is 3. The number of carbonyl (C=O) groups excluding carboxylic acids is 1. The lowest BCUT2D eigenvalue weighted by Gasteiger charge is -2.19. The highest BCUT2D eigenvalue weighted by Gasteiger charge is 2.28. The van der Waals surface area contributed by atoms with Gasteiger partial charge in [-0.1, -0.05) is 13.8 Å². The fraction of sp³-hybridized carbons (Fsp3) is 0.800. The molecule has 1 heterocycles. The number of carbonyl (C=O) groups is 2. The van der Waals surface area contributed by atoms with Crippen molar-refractivity contribution in [2.24, 2.45) is 11.8 Å². The smallest absolute Gasteiger partial charge is 0.409 e. The fourth-order valence-electron chi connectivity index (χ4n) is 1.68. The van der Waals surface area contributed by atoms with Crippen LogP contribution in [-0.4, -0.2) is 41.8 Å². The number of rotatable bonds is 5. The normalized spacial score (nSPS) is 18.1. The van der Waals surface area contributed by atoms with E-state index >= 15 is 0 Å². The van der Waals surface area contributed by atoms with Crippen molar-refractivity contribution in [2.45, 2.75) is 20.3 Å². The quantitative estimate of drug-likeness (QED) is 0.748. The van der Waals surface area contributed by atoms with Gasteiger partial charge in [0.25, 0.3) is 0 Å². The molecule has 0 bridgehead atoms. The van der Waals surface area contributed by atoms with Crippen LogP contribution < -0.4 is 0 Å². The lowest BCUT2D eigenvalue weighted by Crippen LogP contribution is -2.34. The van der Waals surface area contributed by atoms with Gasteiger partial charge in [-0.25, -0.2) is 4.79 Å². The van der Waals surface area contributed by atoms with E-state index in [4.69, 9.17) is 9.84 Å². The summed E-state index contributed by atoms with van der Waals surface area (Å²) in [4.78, 5) is 23.5. The van der Waals surface area contributed by atoms with Crippen LogP contribution in [0.2, 0.25) is 0 Å². The zero-order chi connectivity index (χ0) is 11.4. The largest absolute Gasteiger partial charge is 0.481 e. The lowest BCUT2D eigenvalue weighted by molar-refractivity contribution is -0.142. The molecule has 0 aromatic heterocycles. The molecule has 1 rings (SSSR count). The highest BCUT2D eigenvalue weighted by Crippen LogP contribution is 2.15. The van der Waals surface area contributed by atoms with E-state index < -0.39 is 18.0 Å². The first-order valence-electron chi connectivity index (χ1n) is 5.15. The van der Waals surface area contributed by atoms with E-state index in [0.29, 0.717) is 25.5 Å². The molecule has 1 atom stereocenters. The van der Waals surface area contributed by atoms with Crippen molar-refractivity contribution in [1.82, 2.24) is 4.90 Å². The summed E-state index contributed by atoms with van der Waals surface area (Å²) in [5.74, 6) is -1.02. The third-order valence-electron chi connectivity index (χ3n) is 2.39. The van der Waals surface area contributed by atoms with Crippen LogP contribution in [0.3, 0.4) is 0 Å². The molecule has 1 unspecified atom stereocenters. The zero-order valence-corrected chi connectivity index (χ0v) is 9.10. The molecule has 1 amide bonds. The molecule has 15 heavy (non-hydrogen) atoms. The van der Waals surface area contributed by atoms with Crippen LogP contribution in [-0.2, 0) is 9.53 Å². The summed E-state index contributed by atoms with van der Waals surface area (Å²) in [7, 11) is 0. The summed E-state index contributed by atoms with van der Waals surface area (Å²) in [6.07, 6.45) is 0.184. The molecule has 0 spiro atoms. The van der Waals surface area contributed by atoms with Crippen molar-refractivity contribution in [3.05, 3.63) is 0 Å². The molecule has 0 aromatic rings. The number of carboxylic acid groups (broad SMARTS) is 1. The van der Waals surface area contributed by atoms with Gasteiger partial charge in [0.1, 0.15) is 6.61 Å². The molecule has 1 N–H and O–H groups in total. The van der Waals surface area contributed by atoms with Gasteiger partial charge in [0.2, 0.25) is 0 Å². The average molecular weight is 215 g/mol. The minimum atomic E-state index is -0.844. The van der Waals surface area contributed by atoms with Gasteiger partial charge in [0.15, 0.2) is 0 Å². The number of aliphatic carboxylic acids is 1. The van der Waals surface area contributed by atoms with Crippen molar-refractivity contribution in [3.63, 3.8) is 0 Å². The van der Waals surface area contributed by atoms with E-state index in [9.17, 15) is 9.59 Å². The number of ether oxygens (including phenoxy) is 1. The van der Waals surface area contributed by atoms with Crippen LogP contribution in [0.25, 0.3) is 0 Å². The average Bonchev–Trinajstić information content (AvgIpc) is 2.50. The monoisotopic (exact) mass is 215 g/mol. The maximum absolute atomic E-state index is 11.1. The van der Waals surface area contributed by atoms with Crippen molar-refractivity contribution in [1.29, 1.82) is 0 Å². The maximum atomic E-state index is 11.1. The minimum absolute atomic E-state index is 0.256. The molecule has 0 aliphatic carbocycles. The second-order valence-corrected chi connectivity index (χ2v) is 4.23. The molecule has 1 aliphatic heterocycles. The fourth-order valence-corrected chi connectivity index (χ4v) is 1.68. The molecule has 0 aromatic carbocycles. The molecule has 1 saturated heterocycles. The van der Waals surface area contributed by atoms with E-state index in [1.165, 1.54) is 4.90 Å². The first kappa shape index (κ1) is 11.8. The Kier molecular flexibility index (Phi) is 3.94. The molecule has 5 heteroatoms. The zero-order valence-electron chi connectivity index (χ0n) is 9.10. The minimum Gasteiger partial charge on any atom is -0.481 e. The number of carboxylic acids is 1. The Morgan fingerprint density at radius 1 is 1.60 bits per heavy atom.